The SMILES string of the molecule is C(CNc1nc(C2CC2)ns1)CN1CCOCC1. The lowest BCUT2D eigenvalue weighted by Crippen LogP contribution is -2.37. The molecule has 0 bridgehead atoms. The zero-order chi connectivity index (χ0) is 12.2. The molecule has 1 aromatic rings. The second-order valence-electron chi connectivity index (χ2n) is 4.97. The Morgan fingerprint density at radius 2 is 2.17 bits per heavy atom. The molecule has 0 amide bonds. The van der Waals surface area contributed by atoms with Gasteiger partial charge in [-0.05, 0) is 25.8 Å². The van der Waals surface area contributed by atoms with Crippen LogP contribution in [0.2, 0.25) is 0 Å². The highest BCUT2D eigenvalue weighted by atomic mass is 32.1. The highest BCUT2D eigenvalue weighted by Crippen LogP contribution is 2.39. The number of rotatable bonds is 6. The molecule has 1 aliphatic carbocycles. The Morgan fingerprint density at radius 3 is 2.94 bits per heavy atom. The summed E-state index contributed by atoms with van der Waals surface area (Å²) >= 11 is 1.50. The summed E-state index contributed by atoms with van der Waals surface area (Å²) in [6, 6.07) is 0. The third kappa shape index (κ3) is 3.40. The molecule has 1 aliphatic heterocycles. The number of nitrogens with zero attached hydrogens (tertiary/aromatic N) is 3. The Hall–Kier alpha value is -0.720. The number of anilines is 1. The van der Waals surface area contributed by atoms with Crippen LogP contribution in [0.25, 0.3) is 0 Å². The molecule has 2 aliphatic rings. The summed E-state index contributed by atoms with van der Waals surface area (Å²) in [4.78, 5) is 6.98. The summed E-state index contributed by atoms with van der Waals surface area (Å²) < 4.78 is 9.72. The molecule has 2 fully saturated rings. The monoisotopic (exact) mass is 268 g/mol. The van der Waals surface area contributed by atoms with E-state index in [9.17, 15) is 0 Å². The Kier molecular flexibility index (Phi) is 4.07. The van der Waals surface area contributed by atoms with Gasteiger partial charge in [-0.1, -0.05) is 0 Å². The van der Waals surface area contributed by atoms with Gasteiger partial charge in [0.15, 0.2) is 0 Å². The van der Waals surface area contributed by atoms with Crippen molar-refractivity contribution in [2.45, 2.75) is 25.2 Å². The first-order valence-corrected chi connectivity index (χ1v) is 7.57. The highest BCUT2D eigenvalue weighted by Gasteiger charge is 2.27. The maximum atomic E-state index is 5.33. The van der Waals surface area contributed by atoms with Crippen LogP contribution in [0.3, 0.4) is 0 Å². The van der Waals surface area contributed by atoms with Crippen molar-refractivity contribution in [3.8, 4) is 0 Å². The first kappa shape index (κ1) is 12.3. The lowest BCUT2D eigenvalue weighted by Gasteiger charge is -2.26. The second kappa shape index (κ2) is 5.95. The van der Waals surface area contributed by atoms with Crippen LogP contribution in [0.4, 0.5) is 5.13 Å². The van der Waals surface area contributed by atoms with Crippen LogP contribution in [0.5, 0.6) is 0 Å². The number of ether oxygens (including phenoxy) is 1. The highest BCUT2D eigenvalue weighted by molar-refractivity contribution is 7.09. The van der Waals surface area contributed by atoms with E-state index in [1.807, 2.05) is 0 Å². The Bertz CT molecular complexity index is 374. The third-order valence-electron chi connectivity index (χ3n) is 3.42. The van der Waals surface area contributed by atoms with E-state index in [1.54, 1.807) is 0 Å². The van der Waals surface area contributed by atoms with Crippen LogP contribution in [0, 0.1) is 0 Å². The van der Waals surface area contributed by atoms with E-state index < -0.39 is 0 Å². The summed E-state index contributed by atoms with van der Waals surface area (Å²) in [5, 5.41) is 4.36. The lowest BCUT2D eigenvalue weighted by molar-refractivity contribution is 0.0378. The fourth-order valence-corrected chi connectivity index (χ4v) is 2.81. The van der Waals surface area contributed by atoms with E-state index in [2.05, 4.69) is 19.6 Å². The Labute approximate surface area is 112 Å². The zero-order valence-corrected chi connectivity index (χ0v) is 11.4. The molecular formula is C12H20N4OS. The maximum absolute atomic E-state index is 5.33. The van der Waals surface area contributed by atoms with Crippen LogP contribution in [0.15, 0.2) is 0 Å². The molecule has 0 aromatic carbocycles. The predicted octanol–water partition coefficient (Wildman–Crippen LogP) is 1.55. The minimum atomic E-state index is 0.658. The van der Waals surface area contributed by atoms with Gasteiger partial charge in [0, 0.05) is 37.1 Å². The fourth-order valence-electron chi connectivity index (χ4n) is 2.14. The predicted molar refractivity (Wildman–Crippen MR) is 72.2 cm³/mol. The molecule has 3 rings (SSSR count). The lowest BCUT2D eigenvalue weighted by atomic mass is 10.3. The number of aromatic nitrogens is 2. The summed E-state index contributed by atoms with van der Waals surface area (Å²) in [6.45, 7) is 6.04. The largest absolute Gasteiger partial charge is 0.379 e. The summed E-state index contributed by atoms with van der Waals surface area (Å²) in [5.74, 6) is 1.71. The molecule has 1 saturated heterocycles. The molecule has 0 atom stereocenters. The van der Waals surface area contributed by atoms with Crippen molar-refractivity contribution in [2.75, 3.05) is 44.7 Å². The molecule has 1 N–H and O–H groups in total. The van der Waals surface area contributed by atoms with Crippen molar-refractivity contribution in [3.63, 3.8) is 0 Å². The van der Waals surface area contributed by atoms with E-state index in [0.717, 1.165) is 56.8 Å². The minimum absolute atomic E-state index is 0.658. The molecule has 0 spiro atoms. The average molecular weight is 268 g/mol. The molecule has 100 valence electrons. The van der Waals surface area contributed by atoms with Crippen LogP contribution in [0.1, 0.15) is 31.0 Å². The molecule has 1 saturated carbocycles. The van der Waals surface area contributed by atoms with E-state index in [0.29, 0.717) is 5.92 Å². The number of nitrogens with one attached hydrogen (secondary N) is 1. The molecular weight excluding hydrogens is 248 g/mol. The standard InChI is InChI=1S/C12H20N4OS/c1(5-16-6-8-17-9-7-16)4-13-12-14-11(15-18-12)10-2-3-10/h10H,1-9H2,(H,13,14,15). The molecule has 2 heterocycles. The van der Waals surface area contributed by atoms with Gasteiger partial charge in [0.1, 0.15) is 5.82 Å². The first-order valence-electron chi connectivity index (χ1n) is 6.79. The van der Waals surface area contributed by atoms with E-state index in [-0.39, 0.29) is 0 Å². The van der Waals surface area contributed by atoms with Gasteiger partial charge >= 0.3 is 0 Å². The van der Waals surface area contributed by atoms with Gasteiger partial charge in [-0.2, -0.15) is 4.37 Å². The molecule has 18 heavy (non-hydrogen) atoms. The average Bonchev–Trinajstić information content (AvgIpc) is 3.16. The summed E-state index contributed by atoms with van der Waals surface area (Å²) in [6.07, 6.45) is 3.69. The Morgan fingerprint density at radius 1 is 1.33 bits per heavy atom. The zero-order valence-electron chi connectivity index (χ0n) is 10.6. The summed E-state index contributed by atoms with van der Waals surface area (Å²) in [7, 11) is 0. The van der Waals surface area contributed by atoms with Crippen molar-refractivity contribution >= 4 is 16.7 Å². The van der Waals surface area contributed by atoms with Crippen molar-refractivity contribution in [3.05, 3.63) is 5.82 Å². The van der Waals surface area contributed by atoms with Gasteiger partial charge in [-0.25, -0.2) is 4.98 Å². The van der Waals surface area contributed by atoms with Gasteiger partial charge in [-0.15, -0.1) is 0 Å². The van der Waals surface area contributed by atoms with Crippen molar-refractivity contribution in [2.24, 2.45) is 0 Å². The van der Waals surface area contributed by atoms with Crippen molar-refractivity contribution < 1.29 is 4.74 Å². The molecule has 1 aromatic heterocycles. The molecule has 6 heteroatoms. The van der Waals surface area contributed by atoms with Crippen LogP contribution >= 0.6 is 11.5 Å². The quantitative estimate of drug-likeness (QED) is 0.793. The van der Waals surface area contributed by atoms with Crippen molar-refractivity contribution in [1.29, 1.82) is 0 Å². The van der Waals surface area contributed by atoms with E-state index >= 15 is 0 Å². The van der Waals surface area contributed by atoms with Gasteiger partial charge < -0.3 is 10.1 Å². The molecule has 0 unspecified atom stereocenters. The maximum Gasteiger partial charge on any atom is 0.202 e. The number of morpholine rings is 1. The molecule has 0 radical (unpaired) electrons. The number of hydrogen-bond donors (Lipinski definition) is 1. The first-order chi connectivity index (χ1) is 8.92. The van der Waals surface area contributed by atoms with Gasteiger partial charge in [0.25, 0.3) is 0 Å². The fraction of sp³-hybridized carbons (Fsp3) is 0.833. The Balaban J connectivity index is 1.33. The van der Waals surface area contributed by atoms with Crippen molar-refractivity contribution in [1.82, 2.24) is 14.3 Å². The van der Waals surface area contributed by atoms with Gasteiger partial charge in [0.05, 0.1) is 13.2 Å². The van der Waals surface area contributed by atoms with E-state index in [4.69, 9.17) is 4.74 Å². The van der Waals surface area contributed by atoms with Gasteiger partial charge in [-0.3, -0.25) is 4.90 Å². The van der Waals surface area contributed by atoms with E-state index in [1.165, 1.54) is 24.4 Å². The molecule has 5 nitrogen and oxygen atoms in total. The second-order valence-corrected chi connectivity index (χ2v) is 5.72. The third-order valence-corrected chi connectivity index (χ3v) is 4.10. The summed E-state index contributed by atoms with van der Waals surface area (Å²) in [5.41, 5.74) is 0. The topological polar surface area (TPSA) is 50.3 Å². The normalized spacial score (nSPS) is 21.1. The van der Waals surface area contributed by atoms with Gasteiger partial charge in [0.2, 0.25) is 5.13 Å². The van der Waals surface area contributed by atoms with Crippen LogP contribution in [-0.4, -0.2) is 53.7 Å². The minimum Gasteiger partial charge on any atom is -0.379 e. The number of hydrogen-bond acceptors (Lipinski definition) is 6. The van der Waals surface area contributed by atoms with Crippen LogP contribution in [-0.2, 0) is 4.74 Å². The smallest absolute Gasteiger partial charge is 0.202 e. The van der Waals surface area contributed by atoms with Crippen LogP contribution < -0.4 is 5.32 Å².